The Morgan fingerprint density at radius 2 is 1.76 bits per heavy atom. The molecule has 3 amide bonds. The largest absolute Gasteiger partial charge is 0.491 e. The number of nitrogens with one attached hydrogen (secondary N) is 3. The second-order valence-electron chi connectivity index (χ2n) is 8.48. The third-order valence-electron chi connectivity index (χ3n) is 6.14. The smallest absolute Gasteiger partial charge is 0.423 e. The Morgan fingerprint density at radius 1 is 1.05 bits per heavy atom. The lowest BCUT2D eigenvalue weighted by Gasteiger charge is -2.39. The lowest BCUT2D eigenvalue weighted by molar-refractivity contribution is -0.222. The van der Waals surface area contributed by atoms with E-state index in [-0.39, 0.29) is 34.7 Å². The van der Waals surface area contributed by atoms with Crippen LogP contribution in [0.25, 0.3) is 11.0 Å². The molecule has 1 unspecified atom stereocenters. The molecule has 2 heterocycles. The molecule has 0 bridgehead atoms. The molecule has 1 atom stereocenters. The highest BCUT2D eigenvalue weighted by Crippen LogP contribution is 2.47. The van der Waals surface area contributed by atoms with Crippen molar-refractivity contribution in [2.75, 3.05) is 12.4 Å². The van der Waals surface area contributed by atoms with Crippen LogP contribution in [0.1, 0.15) is 27.0 Å². The van der Waals surface area contributed by atoms with Crippen molar-refractivity contribution in [3.63, 3.8) is 0 Å². The van der Waals surface area contributed by atoms with Crippen LogP contribution in [0, 0.1) is 0 Å². The predicted molar refractivity (Wildman–Crippen MR) is 130 cm³/mol. The van der Waals surface area contributed by atoms with Gasteiger partial charge in [0.1, 0.15) is 0 Å². The highest BCUT2D eigenvalue weighted by Gasteiger charge is 2.57. The van der Waals surface area contributed by atoms with Crippen molar-refractivity contribution >= 4 is 34.9 Å². The number of urea groups is 1. The van der Waals surface area contributed by atoms with Crippen LogP contribution in [0.2, 0.25) is 0 Å². The minimum Gasteiger partial charge on any atom is -0.423 e. The number of hydrogen-bond donors (Lipinski definition) is 3. The number of esters is 1. The molecule has 12 heteroatoms. The van der Waals surface area contributed by atoms with Gasteiger partial charge in [-0.1, -0.05) is 54.6 Å². The van der Waals surface area contributed by atoms with Crippen LogP contribution < -0.4 is 10.6 Å². The summed E-state index contributed by atoms with van der Waals surface area (Å²) in [7, 11) is 1.42. The number of rotatable bonds is 5. The zero-order chi connectivity index (χ0) is 27.1. The first kappa shape index (κ1) is 24.8. The Morgan fingerprint density at radius 3 is 2.47 bits per heavy atom. The lowest BCUT2D eigenvalue weighted by Crippen LogP contribution is -2.49. The van der Waals surface area contributed by atoms with E-state index in [1.54, 1.807) is 42.5 Å². The van der Waals surface area contributed by atoms with Crippen LogP contribution >= 0.6 is 0 Å². The minimum absolute atomic E-state index is 0.0647. The Labute approximate surface area is 213 Å². The van der Waals surface area contributed by atoms with Gasteiger partial charge < -0.3 is 15.0 Å². The molecule has 3 N–H and O–H groups in total. The molecule has 38 heavy (non-hydrogen) atoms. The van der Waals surface area contributed by atoms with Crippen molar-refractivity contribution in [3.05, 3.63) is 95.1 Å². The van der Waals surface area contributed by atoms with E-state index in [4.69, 9.17) is 4.74 Å². The number of imidazole rings is 1. The number of aromatic amines is 1. The summed E-state index contributed by atoms with van der Waals surface area (Å²) in [6.07, 6.45) is -5.33. The van der Waals surface area contributed by atoms with E-state index < -0.39 is 29.8 Å². The van der Waals surface area contributed by atoms with Gasteiger partial charge in [-0.15, -0.1) is 0 Å². The Kier molecular flexibility index (Phi) is 6.02. The van der Waals surface area contributed by atoms with E-state index in [0.29, 0.717) is 11.1 Å². The topological polar surface area (TPSA) is 116 Å². The summed E-state index contributed by atoms with van der Waals surface area (Å²) in [4.78, 5) is 46.0. The first-order chi connectivity index (χ1) is 18.1. The highest BCUT2D eigenvalue weighted by atomic mass is 19.4. The molecule has 0 fully saturated rings. The van der Waals surface area contributed by atoms with Gasteiger partial charge in [0.15, 0.2) is 0 Å². The van der Waals surface area contributed by atoms with Crippen LogP contribution in [0.15, 0.2) is 72.8 Å². The van der Waals surface area contributed by atoms with Crippen LogP contribution in [0.4, 0.5) is 23.9 Å². The second-order valence-corrected chi connectivity index (χ2v) is 8.48. The molecule has 194 valence electrons. The zero-order valence-corrected chi connectivity index (χ0v) is 19.8. The molecular formula is C26H20F3N5O4. The summed E-state index contributed by atoms with van der Waals surface area (Å²) in [5.41, 5.74) is -0.691. The summed E-state index contributed by atoms with van der Waals surface area (Å²) < 4.78 is 46.0. The number of nitrogens with zero attached hydrogens (tertiary/aromatic N) is 2. The molecule has 4 aromatic rings. The number of halogens is 3. The molecule has 3 aromatic carbocycles. The van der Waals surface area contributed by atoms with Crippen LogP contribution in [-0.2, 0) is 21.8 Å². The van der Waals surface area contributed by atoms with Crippen molar-refractivity contribution in [2.45, 2.75) is 18.4 Å². The quantitative estimate of drug-likeness (QED) is 0.338. The predicted octanol–water partition coefficient (Wildman–Crippen LogP) is 4.28. The Balaban J connectivity index is 1.72. The fraction of sp³-hybridized carbons (Fsp3) is 0.154. The molecular weight excluding hydrogens is 503 g/mol. The van der Waals surface area contributed by atoms with Gasteiger partial charge in [-0.25, -0.2) is 14.6 Å². The van der Waals surface area contributed by atoms with Gasteiger partial charge >= 0.3 is 18.2 Å². The van der Waals surface area contributed by atoms with Gasteiger partial charge in [-0.2, -0.15) is 13.2 Å². The van der Waals surface area contributed by atoms with Gasteiger partial charge in [-0.05, 0) is 23.8 Å². The molecule has 0 radical (unpaired) electrons. The van der Waals surface area contributed by atoms with Crippen LogP contribution in [0.3, 0.4) is 0 Å². The number of ether oxygens (including phenoxy) is 1. The fourth-order valence-electron chi connectivity index (χ4n) is 4.47. The Hall–Kier alpha value is -4.87. The molecule has 0 spiro atoms. The van der Waals surface area contributed by atoms with Crippen molar-refractivity contribution in [2.24, 2.45) is 0 Å². The summed E-state index contributed by atoms with van der Waals surface area (Å²) in [5, 5.41) is 4.86. The maximum absolute atomic E-state index is 13.6. The van der Waals surface area contributed by atoms with Gasteiger partial charge in [-0.3, -0.25) is 15.0 Å². The molecule has 5 rings (SSSR count). The van der Waals surface area contributed by atoms with Crippen molar-refractivity contribution in [3.8, 4) is 0 Å². The molecule has 0 saturated carbocycles. The van der Waals surface area contributed by atoms with E-state index in [0.717, 1.165) is 4.90 Å². The average Bonchev–Trinajstić information content (AvgIpc) is 3.40. The van der Waals surface area contributed by atoms with E-state index in [2.05, 4.69) is 20.6 Å². The maximum atomic E-state index is 13.6. The number of fused-ring (bicyclic) bond motifs is 2. The number of benzene rings is 3. The second kappa shape index (κ2) is 9.21. The summed E-state index contributed by atoms with van der Waals surface area (Å²) >= 11 is 0. The number of amides is 3. The van der Waals surface area contributed by atoms with Crippen molar-refractivity contribution < 1.29 is 32.3 Å². The SMILES string of the molecule is CNC(=O)Nc1nc2cc(C3(OC(=O)C(F)(F)F)c4ccccc4C(=O)N3Cc3ccccc3)ccc2[nH]1. The molecule has 9 nitrogen and oxygen atoms in total. The number of carbonyl (C=O) groups is 3. The number of H-pyrrole nitrogens is 1. The zero-order valence-electron chi connectivity index (χ0n) is 19.8. The normalized spacial score (nSPS) is 16.8. The lowest BCUT2D eigenvalue weighted by atomic mass is 9.92. The number of carbonyl (C=O) groups excluding carboxylic acids is 3. The molecule has 1 aliphatic heterocycles. The molecule has 0 aliphatic carbocycles. The Bertz CT molecular complexity index is 1550. The van der Waals surface area contributed by atoms with E-state index in [1.807, 2.05) is 0 Å². The van der Waals surface area contributed by atoms with Gasteiger partial charge in [0.05, 0.1) is 17.6 Å². The average molecular weight is 523 g/mol. The maximum Gasteiger partial charge on any atom is 0.491 e. The van der Waals surface area contributed by atoms with E-state index in [9.17, 15) is 27.6 Å². The summed E-state index contributed by atoms with van der Waals surface area (Å²) in [6, 6.07) is 18.5. The van der Waals surface area contributed by atoms with Gasteiger partial charge in [0.2, 0.25) is 11.7 Å². The van der Waals surface area contributed by atoms with Crippen LogP contribution in [-0.4, -0.2) is 46.0 Å². The van der Waals surface area contributed by atoms with Crippen molar-refractivity contribution in [1.82, 2.24) is 20.2 Å². The number of anilines is 1. The first-order valence-electron chi connectivity index (χ1n) is 11.4. The standard InChI is InChI=1S/C26H20F3N5O4/c1-30-24(37)33-23-31-19-12-11-16(13-20(19)32-23)25(38-22(36)26(27,28)29)18-10-6-5-9-17(18)21(35)34(25)14-15-7-3-2-4-8-15/h2-13H,14H2,1H3,(H3,30,31,32,33,37). The molecule has 1 aromatic heterocycles. The number of aromatic nitrogens is 2. The van der Waals surface area contributed by atoms with Crippen LogP contribution in [0.5, 0.6) is 0 Å². The monoisotopic (exact) mass is 523 g/mol. The van der Waals surface area contributed by atoms with Gasteiger partial charge in [0, 0.05) is 23.7 Å². The fourth-order valence-corrected chi connectivity index (χ4v) is 4.47. The first-order valence-corrected chi connectivity index (χ1v) is 11.4. The minimum atomic E-state index is -5.33. The number of alkyl halides is 3. The van der Waals surface area contributed by atoms with E-state index in [1.165, 1.54) is 37.4 Å². The highest BCUT2D eigenvalue weighted by molar-refractivity contribution is 6.01. The third kappa shape index (κ3) is 4.19. The molecule has 1 aliphatic rings. The number of hydrogen-bond acceptors (Lipinski definition) is 5. The van der Waals surface area contributed by atoms with Crippen molar-refractivity contribution in [1.29, 1.82) is 0 Å². The third-order valence-corrected chi connectivity index (χ3v) is 6.14. The summed E-state index contributed by atoms with van der Waals surface area (Å²) in [5.74, 6) is -2.98. The van der Waals surface area contributed by atoms with Gasteiger partial charge in [0.25, 0.3) is 5.91 Å². The summed E-state index contributed by atoms with van der Waals surface area (Å²) in [6.45, 7) is -0.151. The van der Waals surface area contributed by atoms with E-state index >= 15 is 0 Å². The molecule has 0 saturated heterocycles.